The van der Waals surface area contributed by atoms with Crippen LogP contribution in [-0.4, -0.2) is 27.0 Å². The minimum absolute atomic E-state index is 0.0985. The molecule has 0 aromatic heterocycles. The van der Waals surface area contributed by atoms with Gasteiger partial charge < -0.3 is 10.2 Å². The van der Waals surface area contributed by atoms with Gasteiger partial charge in [0.25, 0.3) is 0 Å². The van der Waals surface area contributed by atoms with Crippen molar-refractivity contribution in [3.05, 3.63) is 155 Å². The minimum atomic E-state index is -1.04. The maximum atomic E-state index is 12.2. The van der Waals surface area contributed by atoms with Crippen molar-refractivity contribution >= 4 is 16.8 Å². The summed E-state index contributed by atoms with van der Waals surface area (Å²) >= 11 is 1.75. The largest absolute Gasteiger partial charge is 0.179 e. The van der Waals surface area contributed by atoms with Crippen molar-refractivity contribution in [2.45, 2.75) is 12.8 Å². The van der Waals surface area contributed by atoms with Gasteiger partial charge in [-0.3, -0.25) is 6.08 Å². The molecule has 0 atom stereocenters. The van der Waals surface area contributed by atoms with Gasteiger partial charge >= 0.3 is 36.7 Å². The Morgan fingerprint density at radius 1 is 0.750 bits per heavy atom. The molecule has 0 radical (unpaired) electrons. The molecule has 2 aliphatic carbocycles. The summed E-state index contributed by atoms with van der Waals surface area (Å²) in [5.74, 6) is -2.94. The van der Waals surface area contributed by atoms with Gasteiger partial charge in [-0.05, 0) is 55.0 Å². The van der Waals surface area contributed by atoms with Crippen LogP contribution in [0.3, 0.4) is 0 Å². The Kier molecular flexibility index (Phi) is 13.9. The number of aromatic carboxylic acids is 2. The maximum absolute atomic E-state index is 12.2. The van der Waals surface area contributed by atoms with E-state index in [0.717, 1.165) is 37.1 Å². The zero-order chi connectivity index (χ0) is 29.3. The quantitative estimate of drug-likeness (QED) is 0.171. The molecular formula is C33H26F2O4Ti. The zero-order valence-electron chi connectivity index (χ0n) is 21.5. The van der Waals surface area contributed by atoms with E-state index >= 15 is 0 Å². The van der Waals surface area contributed by atoms with Crippen molar-refractivity contribution in [3.8, 4) is 11.1 Å². The Morgan fingerprint density at radius 2 is 1.27 bits per heavy atom. The van der Waals surface area contributed by atoms with Crippen LogP contribution in [0.2, 0.25) is 0 Å². The normalized spacial score (nSPS) is 11.0. The number of carboxylic acid groups (broad SMARTS) is 2. The number of hydrogen-bond acceptors (Lipinski definition) is 2. The molecule has 0 amide bonds. The van der Waals surface area contributed by atoms with Crippen molar-refractivity contribution in [1.29, 1.82) is 0 Å². The van der Waals surface area contributed by atoms with E-state index in [2.05, 4.69) is 59.4 Å². The maximum Gasteiger partial charge on any atom is -0.0253 e. The van der Waals surface area contributed by atoms with Gasteiger partial charge in [-0.15, -0.1) is 12.0 Å². The average molecular weight is 572 g/mol. The monoisotopic (exact) mass is 572 g/mol. The van der Waals surface area contributed by atoms with Crippen LogP contribution in [0.25, 0.3) is 11.1 Å². The molecule has 2 N–H and O–H groups in total. The second-order valence-corrected chi connectivity index (χ2v) is 8.02. The number of halogens is 2. The summed E-state index contributed by atoms with van der Waals surface area (Å²) in [4.78, 5) is 23.6. The molecule has 4 aromatic carbocycles. The topological polar surface area (TPSA) is 74.6 Å². The summed E-state index contributed by atoms with van der Waals surface area (Å²) in [7, 11) is 0. The molecule has 0 aliphatic heterocycles. The van der Waals surface area contributed by atoms with Gasteiger partial charge in [0.1, 0.15) is 11.6 Å². The summed E-state index contributed by atoms with van der Waals surface area (Å²) in [6.07, 6.45) is 11.0. The van der Waals surface area contributed by atoms with Crippen LogP contribution in [0, 0.1) is 23.8 Å². The van der Waals surface area contributed by atoms with Crippen LogP contribution in [-0.2, 0) is 26.4 Å². The predicted octanol–water partition coefficient (Wildman–Crippen LogP) is 7.38. The number of allylic oxidation sites excluding steroid dienone is 4. The third-order valence-corrected chi connectivity index (χ3v) is 5.38. The van der Waals surface area contributed by atoms with Gasteiger partial charge in [-0.25, -0.2) is 30.5 Å². The number of hydrogen-bond donors (Lipinski definition) is 2. The summed E-state index contributed by atoms with van der Waals surface area (Å²) < 4.78 is 24.3. The first-order valence-corrected chi connectivity index (χ1v) is 13.1. The van der Waals surface area contributed by atoms with Gasteiger partial charge in [-0.2, -0.15) is 35.9 Å². The molecular weight excluding hydrogens is 546 g/mol. The predicted molar refractivity (Wildman–Crippen MR) is 149 cm³/mol. The Hall–Kier alpha value is -4.26. The SMILES string of the molecule is O=C(O)c1ccc(F)cc1.O=C(O)c1ccc(F)cc1.[C-]1=CC=CC1.[CH2]=[Ti+2].[c-]1cccc2c1Cc1ccccc1-2. The standard InChI is InChI=1S/C13H9.2C7H5FO2.C5H5.CH2.Ti/c1-3-7-12-10(5-1)9-11-6-2-4-8-13(11)12;2*8-6-3-1-5(2-4-6)7(9)10;1-2-4-5-3-1;;/h1-5,7-8H,9H2;2*1-4H,(H,9,10);1-3H,4H2;1H2;/q-1;;;-1;;+2. The Bertz CT molecular complexity index is 1340. The first-order chi connectivity index (χ1) is 19.3. The first kappa shape index (κ1) is 32.0. The van der Waals surface area contributed by atoms with Gasteiger partial charge in [0, 0.05) is 0 Å². The molecule has 0 spiro atoms. The summed E-state index contributed by atoms with van der Waals surface area (Å²) in [6.45, 7) is 0. The summed E-state index contributed by atoms with van der Waals surface area (Å²) in [5, 5.41) is 16.7. The molecule has 7 heteroatoms. The molecule has 0 fully saturated rings. The van der Waals surface area contributed by atoms with E-state index < -0.39 is 23.6 Å². The van der Waals surface area contributed by atoms with Crippen LogP contribution in [0.15, 0.2) is 109 Å². The van der Waals surface area contributed by atoms with Gasteiger partial charge in [-0.1, -0.05) is 35.4 Å². The van der Waals surface area contributed by atoms with Crippen molar-refractivity contribution in [1.82, 2.24) is 0 Å². The van der Waals surface area contributed by atoms with E-state index in [9.17, 15) is 18.4 Å². The second kappa shape index (κ2) is 17.4. The van der Waals surface area contributed by atoms with Crippen molar-refractivity contribution < 1.29 is 48.6 Å². The van der Waals surface area contributed by atoms with Crippen LogP contribution in [0.1, 0.15) is 38.3 Å². The van der Waals surface area contributed by atoms with E-state index in [1.165, 1.54) is 46.5 Å². The summed E-state index contributed by atoms with van der Waals surface area (Å²) in [5.41, 5.74) is 5.71. The number of carbonyl (C=O) groups is 2. The molecule has 200 valence electrons. The van der Waals surface area contributed by atoms with Crippen molar-refractivity contribution in [3.63, 3.8) is 0 Å². The van der Waals surface area contributed by atoms with E-state index in [4.69, 9.17) is 10.2 Å². The molecule has 0 saturated heterocycles. The number of carboxylic acids is 2. The zero-order valence-corrected chi connectivity index (χ0v) is 23.0. The Balaban J connectivity index is 0.000000190. The van der Waals surface area contributed by atoms with Gasteiger partial charge in [0.15, 0.2) is 0 Å². The van der Waals surface area contributed by atoms with E-state index in [1.807, 2.05) is 18.2 Å². The third-order valence-electron chi connectivity index (χ3n) is 5.38. The van der Waals surface area contributed by atoms with E-state index in [-0.39, 0.29) is 11.1 Å². The second-order valence-electron chi connectivity index (χ2n) is 8.02. The van der Waals surface area contributed by atoms with Crippen molar-refractivity contribution in [2.24, 2.45) is 0 Å². The minimum Gasteiger partial charge on any atom is -0.179 e. The number of rotatable bonds is 2. The smallest absolute Gasteiger partial charge is 0.0253 e. The van der Waals surface area contributed by atoms with E-state index in [0.29, 0.717) is 0 Å². The first-order valence-electron chi connectivity index (χ1n) is 12.0. The number of benzene rings is 4. The number of fused-ring (bicyclic) bond motifs is 3. The molecule has 4 nitrogen and oxygen atoms in total. The van der Waals surface area contributed by atoms with Crippen LogP contribution in [0.4, 0.5) is 8.78 Å². The molecule has 0 bridgehead atoms. The molecule has 0 heterocycles. The van der Waals surface area contributed by atoms with Crippen molar-refractivity contribution in [2.75, 3.05) is 0 Å². The van der Waals surface area contributed by atoms with Gasteiger partial charge in [0.05, 0.1) is 11.1 Å². The summed E-state index contributed by atoms with van der Waals surface area (Å²) in [6, 6.07) is 27.4. The van der Waals surface area contributed by atoms with Crippen LogP contribution >= 0.6 is 0 Å². The average Bonchev–Trinajstić information content (AvgIpc) is 3.68. The van der Waals surface area contributed by atoms with Crippen LogP contribution in [0.5, 0.6) is 0 Å². The van der Waals surface area contributed by atoms with E-state index in [1.54, 1.807) is 20.0 Å². The molecule has 6 rings (SSSR count). The molecule has 2 aliphatic rings. The molecule has 0 saturated carbocycles. The van der Waals surface area contributed by atoms with Gasteiger partial charge in [0.2, 0.25) is 0 Å². The fourth-order valence-electron chi connectivity index (χ4n) is 3.52. The fourth-order valence-corrected chi connectivity index (χ4v) is 3.52. The van der Waals surface area contributed by atoms with Crippen LogP contribution < -0.4 is 0 Å². The third kappa shape index (κ3) is 10.5. The Morgan fingerprint density at radius 3 is 1.73 bits per heavy atom. The molecule has 40 heavy (non-hydrogen) atoms. The fraction of sp³-hybridized carbons (Fsp3) is 0.0606. The Labute approximate surface area is 243 Å². The molecule has 4 aromatic rings. The molecule has 0 unspecified atom stereocenters.